The quantitative estimate of drug-likeness (QED) is 0.842. The van der Waals surface area contributed by atoms with Gasteiger partial charge in [-0.25, -0.2) is 0 Å². The number of piperidine rings is 2. The molecule has 0 saturated carbocycles. The number of hydrogen-bond acceptors (Lipinski definition) is 3. The van der Waals surface area contributed by atoms with Crippen molar-refractivity contribution in [3.63, 3.8) is 0 Å². The summed E-state index contributed by atoms with van der Waals surface area (Å²) in [5.74, 6) is 0.296. The summed E-state index contributed by atoms with van der Waals surface area (Å²) < 4.78 is 0. The van der Waals surface area contributed by atoms with E-state index in [9.17, 15) is 9.90 Å². The Bertz CT molecular complexity index is 288. The third-order valence-corrected chi connectivity index (χ3v) is 4.66. The van der Waals surface area contributed by atoms with Crippen molar-refractivity contribution in [1.82, 2.24) is 9.80 Å². The van der Waals surface area contributed by atoms with Crippen LogP contribution in [0.5, 0.6) is 0 Å². The average molecular weight is 268 g/mol. The number of carbonyl (C=O) groups is 1. The zero-order valence-electron chi connectivity index (χ0n) is 12.2. The van der Waals surface area contributed by atoms with E-state index in [0.717, 1.165) is 45.3 Å². The molecule has 2 heterocycles. The molecule has 19 heavy (non-hydrogen) atoms. The number of rotatable bonds is 4. The van der Waals surface area contributed by atoms with Crippen LogP contribution in [0.1, 0.15) is 51.9 Å². The second kappa shape index (κ2) is 7.25. The zero-order valence-corrected chi connectivity index (χ0v) is 12.2. The fraction of sp³-hybridized carbons (Fsp3) is 0.933. The number of likely N-dealkylation sites (tertiary alicyclic amines) is 2. The minimum absolute atomic E-state index is 0.0186. The van der Waals surface area contributed by atoms with Crippen LogP contribution in [-0.4, -0.2) is 59.1 Å². The van der Waals surface area contributed by atoms with Gasteiger partial charge < -0.3 is 10.0 Å². The first-order valence-corrected chi connectivity index (χ1v) is 7.89. The number of aliphatic hydroxyl groups excluding tert-OH is 1. The lowest BCUT2D eigenvalue weighted by Gasteiger charge is -2.41. The van der Waals surface area contributed by atoms with Crippen LogP contribution in [-0.2, 0) is 4.79 Å². The Morgan fingerprint density at radius 3 is 2.53 bits per heavy atom. The maximum atomic E-state index is 12.6. The summed E-state index contributed by atoms with van der Waals surface area (Å²) in [7, 11) is 0. The molecule has 0 radical (unpaired) electrons. The molecule has 2 rings (SSSR count). The van der Waals surface area contributed by atoms with E-state index in [1.807, 2.05) is 11.8 Å². The first kappa shape index (κ1) is 14.8. The lowest BCUT2D eigenvalue weighted by atomic mass is 9.97. The fourth-order valence-electron chi connectivity index (χ4n) is 3.51. The van der Waals surface area contributed by atoms with Crippen LogP contribution in [0, 0.1) is 0 Å². The van der Waals surface area contributed by atoms with Crippen LogP contribution in [0.25, 0.3) is 0 Å². The van der Waals surface area contributed by atoms with Crippen molar-refractivity contribution >= 4 is 5.91 Å². The van der Waals surface area contributed by atoms with E-state index in [4.69, 9.17) is 0 Å². The van der Waals surface area contributed by atoms with Gasteiger partial charge in [0.25, 0.3) is 0 Å². The minimum Gasteiger partial charge on any atom is -0.396 e. The van der Waals surface area contributed by atoms with Gasteiger partial charge in [-0.1, -0.05) is 6.42 Å². The van der Waals surface area contributed by atoms with E-state index in [1.54, 1.807) is 0 Å². The smallest absolute Gasteiger partial charge is 0.239 e. The van der Waals surface area contributed by atoms with Crippen LogP contribution in [0.2, 0.25) is 0 Å². The first-order chi connectivity index (χ1) is 9.24. The second-order valence-electron chi connectivity index (χ2n) is 5.96. The van der Waals surface area contributed by atoms with Gasteiger partial charge >= 0.3 is 0 Å². The summed E-state index contributed by atoms with van der Waals surface area (Å²) in [6.07, 6.45) is 7.90. The van der Waals surface area contributed by atoms with E-state index in [1.165, 1.54) is 19.3 Å². The molecule has 0 aliphatic carbocycles. The molecule has 2 atom stereocenters. The van der Waals surface area contributed by atoms with Crippen molar-refractivity contribution in [2.24, 2.45) is 0 Å². The summed E-state index contributed by atoms with van der Waals surface area (Å²) in [4.78, 5) is 16.9. The lowest BCUT2D eigenvalue weighted by Crippen LogP contribution is -2.53. The van der Waals surface area contributed by atoms with Gasteiger partial charge in [0.1, 0.15) is 0 Å². The molecule has 0 bridgehead atoms. The molecule has 0 spiro atoms. The van der Waals surface area contributed by atoms with Gasteiger partial charge in [0.05, 0.1) is 6.04 Å². The number of hydrogen-bond donors (Lipinski definition) is 1. The fourth-order valence-corrected chi connectivity index (χ4v) is 3.51. The first-order valence-electron chi connectivity index (χ1n) is 7.89. The Kier molecular flexibility index (Phi) is 5.64. The van der Waals surface area contributed by atoms with Crippen molar-refractivity contribution in [1.29, 1.82) is 0 Å². The Morgan fingerprint density at radius 1 is 1.16 bits per heavy atom. The highest BCUT2D eigenvalue weighted by atomic mass is 16.3. The average Bonchev–Trinajstić information content (AvgIpc) is 2.47. The number of aliphatic hydroxyl groups is 1. The Labute approximate surface area is 116 Å². The van der Waals surface area contributed by atoms with Crippen LogP contribution in [0.3, 0.4) is 0 Å². The zero-order chi connectivity index (χ0) is 13.7. The lowest BCUT2D eigenvalue weighted by molar-refractivity contribution is -0.139. The molecule has 0 aromatic rings. The predicted octanol–water partition coefficient (Wildman–Crippen LogP) is 1.62. The van der Waals surface area contributed by atoms with Crippen molar-refractivity contribution < 1.29 is 9.90 Å². The highest BCUT2D eigenvalue weighted by molar-refractivity contribution is 5.81. The third kappa shape index (κ3) is 3.69. The molecule has 2 saturated heterocycles. The molecule has 2 fully saturated rings. The molecular formula is C15H28N2O2. The SMILES string of the molecule is CC(C(=O)N1CCCCC1)N1CCCCC1CCO. The second-order valence-corrected chi connectivity index (χ2v) is 5.96. The topological polar surface area (TPSA) is 43.8 Å². The van der Waals surface area contributed by atoms with Gasteiger partial charge in [-0.15, -0.1) is 0 Å². The van der Waals surface area contributed by atoms with Gasteiger partial charge in [-0.3, -0.25) is 9.69 Å². The third-order valence-electron chi connectivity index (χ3n) is 4.66. The van der Waals surface area contributed by atoms with Gasteiger partial charge in [-0.2, -0.15) is 0 Å². The molecule has 2 aliphatic rings. The van der Waals surface area contributed by atoms with Gasteiger partial charge in [0, 0.05) is 25.7 Å². The molecule has 1 N–H and O–H groups in total. The Morgan fingerprint density at radius 2 is 1.84 bits per heavy atom. The summed E-state index contributed by atoms with van der Waals surface area (Å²) in [6, 6.07) is 0.373. The van der Waals surface area contributed by atoms with Crippen LogP contribution >= 0.6 is 0 Å². The number of nitrogens with zero attached hydrogens (tertiary/aromatic N) is 2. The highest BCUT2D eigenvalue weighted by Crippen LogP contribution is 2.23. The Balaban J connectivity index is 1.95. The number of carbonyl (C=O) groups excluding carboxylic acids is 1. The van der Waals surface area contributed by atoms with Crippen LogP contribution in [0.4, 0.5) is 0 Å². The molecule has 4 heteroatoms. The van der Waals surface area contributed by atoms with E-state index in [0.29, 0.717) is 11.9 Å². The standard InChI is InChI=1S/C15H28N2O2/c1-13(15(19)16-9-4-2-5-10-16)17-11-6-3-7-14(17)8-12-18/h13-14,18H,2-12H2,1H3. The molecule has 4 nitrogen and oxygen atoms in total. The van der Waals surface area contributed by atoms with Crippen LogP contribution < -0.4 is 0 Å². The largest absolute Gasteiger partial charge is 0.396 e. The molecule has 2 unspecified atom stereocenters. The van der Waals surface area contributed by atoms with Crippen molar-refractivity contribution in [2.45, 2.75) is 64.0 Å². The molecule has 1 amide bonds. The van der Waals surface area contributed by atoms with E-state index < -0.39 is 0 Å². The number of amides is 1. The monoisotopic (exact) mass is 268 g/mol. The minimum atomic E-state index is -0.0186. The molecular weight excluding hydrogens is 240 g/mol. The van der Waals surface area contributed by atoms with E-state index >= 15 is 0 Å². The predicted molar refractivity (Wildman–Crippen MR) is 75.9 cm³/mol. The van der Waals surface area contributed by atoms with Gasteiger partial charge in [0.2, 0.25) is 5.91 Å². The normalized spacial score (nSPS) is 27.3. The summed E-state index contributed by atoms with van der Waals surface area (Å²) in [5.41, 5.74) is 0. The molecule has 0 aromatic carbocycles. The van der Waals surface area contributed by atoms with Crippen molar-refractivity contribution in [3.05, 3.63) is 0 Å². The van der Waals surface area contributed by atoms with E-state index in [-0.39, 0.29) is 12.6 Å². The van der Waals surface area contributed by atoms with Gasteiger partial charge in [0.15, 0.2) is 0 Å². The Hall–Kier alpha value is -0.610. The molecule has 110 valence electrons. The maximum Gasteiger partial charge on any atom is 0.239 e. The highest BCUT2D eigenvalue weighted by Gasteiger charge is 2.32. The summed E-state index contributed by atoms with van der Waals surface area (Å²) in [6.45, 7) is 5.15. The summed E-state index contributed by atoms with van der Waals surface area (Å²) >= 11 is 0. The molecule has 2 aliphatic heterocycles. The maximum absolute atomic E-state index is 12.6. The van der Waals surface area contributed by atoms with Gasteiger partial charge in [-0.05, 0) is 52.0 Å². The van der Waals surface area contributed by atoms with Crippen molar-refractivity contribution in [2.75, 3.05) is 26.2 Å². The summed E-state index contributed by atoms with van der Waals surface area (Å²) in [5, 5.41) is 9.18. The van der Waals surface area contributed by atoms with Crippen molar-refractivity contribution in [3.8, 4) is 0 Å². The van der Waals surface area contributed by atoms with E-state index in [2.05, 4.69) is 4.90 Å². The molecule has 0 aromatic heterocycles. The van der Waals surface area contributed by atoms with Crippen LogP contribution in [0.15, 0.2) is 0 Å².